The molecule has 5 rings (SSSR count). The minimum atomic E-state index is 0.200. The van der Waals surface area contributed by atoms with Crippen LogP contribution in [0.1, 0.15) is 113 Å². The number of hydrogen-bond acceptors (Lipinski definition) is 2. The molecule has 0 saturated heterocycles. The summed E-state index contributed by atoms with van der Waals surface area (Å²) in [6.07, 6.45) is 8.35. The van der Waals surface area contributed by atoms with Crippen LogP contribution >= 0.6 is 0 Å². The molecule has 1 aromatic rings. The zero-order valence-electron chi connectivity index (χ0n) is 19.1. The van der Waals surface area contributed by atoms with Gasteiger partial charge in [-0.25, -0.2) is 0 Å². The third-order valence-corrected chi connectivity index (χ3v) is 11.7. The summed E-state index contributed by atoms with van der Waals surface area (Å²) < 4.78 is 0. The van der Waals surface area contributed by atoms with E-state index in [0.29, 0.717) is 28.4 Å². The summed E-state index contributed by atoms with van der Waals surface area (Å²) in [7, 11) is 0. The predicted molar refractivity (Wildman–Crippen MR) is 117 cm³/mol. The molecule has 1 aromatic carbocycles. The fourth-order valence-corrected chi connectivity index (χ4v) is 8.65. The highest BCUT2D eigenvalue weighted by Gasteiger charge is 2.63. The van der Waals surface area contributed by atoms with Crippen molar-refractivity contribution in [2.75, 3.05) is 0 Å². The SMILES string of the molecule is CC1(C)[C@@H]2CC[C@@]1(C)[C@H](c1cc(C=O)cc([C@H]3C[C@@H]4CC[C@@]3(C)C4(C)C)c1O)C2. The van der Waals surface area contributed by atoms with Crippen molar-refractivity contribution in [2.45, 2.75) is 91.9 Å². The number of aromatic hydroxyl groups is 1. The average molecular weight is 395 g/mol. The van der Waals surface area contributed by atoms with Crippen molar-refractivity contribution in [3.05, 3.63) is 28.8 Å². The first kappa shape index (κ1) is 19.6. The summed E-state index contributed by atoms with van der Waals surface area (Å²) in [6, 6.07) is 4.03. The minimum absolute atomic E-state index is 0.200. The largest absolute Gasteiger partial charge is 0.507 e. The summed E-state index contributed by atoms with van der Waals surface area (Å²) in [5.41, 5.74) is 3.86. The Morgan fingerprint density at radius 3 is 1.52 bits per heavy atom. The Labute approximate surface area is 176 Å². The summed E-state index contributed by atoms with van der Waals surface area (Å²) in [4.78, 5) is 11.9. The summed E-state index contributed by atoms with van der Waals surface area (Å²) >= 11 is 0. The van der Waals surface area contributed by atoms with E-state index in [0.717, 1.165) is 47.7 Å². The fraction of sp³-hybridized carbons (Fsp3) is 0.741. The molecule has 0 radical (unpaired) electrons. The van der Waals surface area contributed by atoms with E-state index in [4.69, 9.17) is 0 Å². The molecule has 0 heterocycles. The Morgan fingerprint density at radius 1 is 0.828 bits per heavy atom. The van der Waals surface area contributed by atoms with Crippen molar-refractivity contribution < 1.29 is 9.90 Å². The number of aldehydes is 1. The molecule has 4 fully saturated rings. The van der Waals surface area contributed by atoms with Crippen LogP contribution in [0, 0.1) is 33.5 Å². The molecule has 0 aliphatic heterocycles. The number of rotatable bonds is 3. The Bertz CT molecular complexity index is 816. The molecule has 4 aliphatic carbocycles. The molecule has 4 bridgehead atoms. The standard InChI is InChI=1S/C27H38O2/c1-24(2)17-7-9-26(24,5)21(13-17)19-11-16(15-28)12-20(23(19)29)22-14-18-8-10-27(22,6)25(18,3)4/h11-12,15,17-18,21-22,29H,7-10,13-14H2,1-6H3/t17-,18+,21+,22-,26+,27-. The van der Waals surface area contributed by atoms with E-state index in [9.17, 15) is 9.90 Å². The van der Waals surface area contributed by atoms with Gasteiger partial charge in [0.2, 0.25) is 0 Å². The summed E-state index contributed by atoms with van der Waals surface area (Å²) in [6.45, 7) is 14.5. The predicted octanol–water partition coefficient (Wildman–Crippen LogP) is 7.06. The van der Waals surface area contributed by atoms with Crippen molar-refractivity contribution in [1.29, 1.82) is 0 Å². The molecule has 2 nitrogen and oxygen atoms in total. The van der Waals surface area contributed by atoms with Gasteiger partial charge in [-0.3, -0.25) is 4.79 Å². The first-order valence-corrected chi connectivity index (χ1v) is 11.8. The van der Waals surface area contributed by atoms with Crippen LogP contribution in [0.4, 0.5) is 0 Å². The highest BCUT2D eigenvalue weighted by molar-refractivity contribution is 5.77. The van der Waals surface area contributed by atoms with Gasteiger partial charge < -0.3 is 5.11 Å². The second kappa shape index (κ2) is 5.68. The molecule has 4 saturated carbocycles. The van der Waals surface area contributed by atoms with E-state index in [2.05, 4.69) is 41.5 Å². The topological polar surface area (TPSA) is 37.3 Å². The number of phenols is 1. The molecular weight excluding hydrogens is 356 g/mol. The monoisotopic (exact) mass is 394 g/mol. The molecule has 0 unspecified atom stereocenters. The summed E-state index contributed by atoms with van der Waals surface area (Å²) in [5, 5.41) is 11.6. The van der Waals surface area contributed by atoms with E-state index in [1.165, 1.54) is 25.7 Å². The van der Waals surface area contributed by atoms with E-state index in [1.54, 1.807) is 0 Å². The Kier molecular flexibility index (Phi) is 3.85. The van der Waals surface area contributed by atoms with Crippen LogP contribution in [0.5, 0.6) is 5.75 Å². The number of carbonyl (C=O) groups excluding carboxylic acids is 1. The number of phenolic OH excluding ortho intramolecular Hbond substituents is 1. The second-order valence-electron chi connectivity index (χ2n) is 12.5. The molecule has 1 N–H and O–H groups in total. The highest BCUT2D eigenvalue weighted by Crippen LogP contribution is 2.74. The third kappa shape index (κ3) is 2.16. The van der Waals surface area contributed by atoms with Crippen molar-refractivity contribution in [3.63, 3.8) is 0 Å². The van der Waals surface area contributed by atoms with E-state index in [1.807, 2.05) is 12.1 Å². The summed E-state index contributed by atoms with van der Waals surface area (Å²) in [5.74, 6) is 2.67. The molecule has 0 amide bonds. The normalized spacial score (nSPS) is 43.8. The van der Waals surface area contributed by atoms with Gasteiger partial charge in [0, 0.05) is 5.56 Å². The first-order valence-electron chi connectivity index (χ1n) is 11.8. The van der Waals surface area contributed by atoms with Crippen LogP contribution in [0.25, 0.3) is 0 Å². The quantitative estimate of drug-likeness (QED) is 0.557. The van der Waals surface area contributed by atoms with Crippen molar-refractivity contribution >= 4 is 6.29 Å². The van der Waals surface area contributed by atoms with E-state index in [-0.39, 0.29) is 10.8 Å². The van der Waals surface area contributed by atoms with Gasteiger partial charge in [-0.05, 0) is 107 Å². The van der Waals surface area contributed by atoms with Gasteiger partial charge in [0.05, 0.1) is 0 Å². The second-order valence-corrected chi connectivity index (χ2v) is 12.5. The lowest BCUT2D eigenvalue weighted by Gasteiger charge is -2.42. The van der Waals surface area contributed by atoms with Crippen molar-refractivity contribution in [3.8, 4) is 5.75 Å². The maximum absolute atomic E-state index is 11.9. The fourth-order valence-electron chi connectivity index (χ4n) is 8.65. The zero-order chi connectivity index (χ0) is 21.0. The first-order chi connectivity index (χ1) is 13.5. The van der Waals surface area contributed by atoms with Gasteiger partial charge in [0.25, 0.3) is 0 Å². The smallest absolute Gasteiger partial charge is 0.150 e. The number of benzene rings is 1. The Balaban J connectivity index is 1.63. The van der Waals surface area contributed by atoms with E-state index < -0.39 is 0 Å². The van der Waals surface area contributed by atoms with Crippen LogP contribution in [-0.2, 0) is 0 Å². The maximum atomic E-state index is 11.9. The molecule has 0 aromatic heterocycles. The van der Waals surface area contributed by atoms with Gasteiger partial charge in [-0.15, -0.1) is 0 Å². The number of fused-ring (bicyclic) bond motifs is 4. The number of carbonyl (C=O) groups is 1. The van der Waals surface area contributed by atoms with Crippen LogP contribution in [0.15, 0.2) is 12.1 Å². The van der Waals surface area contributed by atoms with Crippen LogP contribution in [0.3, 0.4) is 0 Å². The van der Waals surface area contributed by atoms with Crippen LogP contribution in [0.2, 0.25) is 0 Å². The van der Waals surface area contributed by atoms with Crippen LogP contribution < -0.4 is 0 Å². The lowest BCUT2D eigenvalue weighted by Crippen LogP contribution is -2.32. The van der Waals surface area contributed by atoms with Crippen LogP contribution in [-0.4, -0.2) is 11.4 Å². The highest BCUT2D eigenvalue weighted by atomic mass is 16.3. The lowest BCUT2D eigenvalue weighted by molar-refractivity contribution is 0.112. The third-order valence-electron chi connectivity index (χ3n) is 11.7. The van der Waals surface area contributed by atoms with Gasteiger partial charge in [-0.2, -0.15) is 0 Å². The van der Waals surface area contributed by atoms with E-state index >= 15 is 0 Å². The van der Waals surface area contributed by atoms with Gasteiger partial charge >= 0.3 is 0 Å². The lowest BCUT2D eigenvalue weighted by atomic mass is 9.63. The van der Waals surface area contributed by atoms with Crippen molar-refractivity contribution in [2.24, 2.45) is 33.5 Å². The molecule has 0 spiro atoms. The zero-order valence-corrected chi connectivity index (χ0v) is 19.1. The minimum Gasteiger partial charge on any atom is -0.507 e. The number of hydrogen-bond donors (Lipinski definition) is 1. The van der Waals surface area contributed by atoms with Gasteiger partial charge in [0.1, 0.15) is 12.0 Å². The molecule has 6 atom stereocenters. The maximum Gasteiger partial charge on any atom is 0.150 e. The van der Waals surface area contributed by atoms with Crippen molar-refractivity contribution in [1.82, 2.24) is 0 Å². The molecule has 4 aliphatic rings. The van der Waals surface area contributed by atoms with Gasteiger partial charge in [0.15, 0.2) is 0 Å². The molecular formula is C27H38O2. The molecule has 2 heteroatoms. The average Bonchev–Trinajstić information content (AvgIpc) is 3.19. The molecule has 158 valence electrons. The van der Waals surface area contributed by atoms with Gasteiger partial charge in [-0.1, -0.05) is 41.5 Å². The molecule has 29 heavy (non-hydrogen) atoms. The Hall–Kier alpha value is -1.31. The Morgan fingerprint density at radius 2 is 1.24 bits per heavy atom.